The van der Waals surface area contributed by atoms with Crippen LogP contribution < -0.4 is 5.32 Å². The lowest BCUT2D eigenvalue weighted by molar-refractivity contribution is -0.116. The van der Waals surface area contributed by atoms with Crippen molar-refractivity contribution in [2.24, 2.45) is 0 Å². The van der Waals surface area contributed by atoms with Gasteiger partial charge in [-0.15, -0.1) is 0 Å². The highest BCUT2D eigenvalue weighted by Crippen LogP contribution is 2.32. The second-order valence-corrected chi connectivity index (χ2v) is 5.61. The van der Waals surface area contributed by atoms with E-state index >= 15 is 0 Å². The topological polar surface area (TPSA) is 98.0 Å². The largest absolute Gasteiger partial charge is 0.349 e. The van der Waals surface area contributed by atoms with Crippen LogP contribution in [0.3, 0.4) is 0 Å². The lowest BCUT2D eigenvalue weighted by Crippen LogP contribution is -2.32. The van der Waals surface area contributed by atoms with E-state index < -0.39 is 11.7 Å². The summed E-state index contributed by atoms with van der Waals surface area (Å²) in [6.45, 7) is 0.286. The van der Waals surface area contributed by atoms with Gasteiger partial charge in [-0.3, -0.25) is 14.6 Å². The monoisotopic (exact) mass is 314 g/mol. The molecule has 0 spiro atoms. The molecule has 0 unspecified atom stereocenters. The van der Waals surface area contributed by atoms with Crippen molar-refractivity contribution in [3.8, 4) is 0 Å². The number of rotatable bonds is 6. The Morgan fingerprint density at radius 3 is 2.87 bits per heavy atom. The Balaban J connectivity index is 1.47. The van der Waals surface area contributed by atoms with Crippen molar-refractivity contribution < 1.29 is 14.1 Å². The van der Waals surface area contributed by atoms with Crippen LogP contribution in [0.25, 0.3) is 0 Å². The van der Waals surface area contributed by atoms with E-state index in [2.05, 4.69) is 20.4 Å². The van der Waals surface area contributed by atoms with Crippen molar-refractivity contribution >= 4 is 11.7 Å². The second kappa shape index (κ2) is 7.13. The number of hydrogen-bond donors (Lipinski definition) is 1. The van der Waals surface area contributed by atoms with Gasteiger partial charge >= 0.3 is 0 Å². The van der Waals surface area contributed by atoms with Gasteiger partial charge in [0, 0.05) is 36.8 Å². The zero-order valence-electron chi connectivity index (χ0n) is 12.7. The minimum absolute atomic E-state index is 0.271. The van der Waals surface area contributed by atoms with E-state index in [1.807, 2.05) is 0 Å². The van der Waals surface area contributed by atoms with Gasteiger partial charge in [0.25, 0.3) is 11.7 Å². The summed E-state index contributed by atoms with van der Waals surface area (Å²) in [4.78, 5) is 31.8. The molecule has 1 aliphatic carbocycles. The minimum atomic E-state index is -0.655. The van der Waals surface area contributed by atoms with E-state index in [9.17, 15) is 9.59 Å². The Morgan fingerprint density at radius 1 is 1.30 bits per heavy atom. The van der Waals surface area contributed by atoms with Crippen molar-refractivity contribution in [2.45, 2.75) is 38.0 Å². The first-order valence-corrected chi connectivity index (χ1v) is 7.79. The highest BCUT2D eigenvalue weighted by molar-refractivity contribution is 6.42. The normalized spacial score (nSPS) is 14.8. The Hall–Kier alpha value is -2.57. The molecule has 0 atom stereocenters. The number of carbonyl (C=O) groups is 2. The van der Waals surface area contributed by atoms with E-state index in [4.69, 9.17) is 4.52 Å². The summed E-state index contributed by atoms with van der Waals surface area (Å²) in [5.74, 6) is 0.365. The maximum Gasteiger partial charge on any atom is 0.292 e. The summed E-state index contributed by atoms with van der Waals surface area (Å²) in [7, 11) is 0. The molecule has 2 heterocycles. The van der Waals surface area contributed by atoms with Gasteiger partial charge < -0.3 is 9.84 Å². The number of amides is 1. The fourth-order valence-electron chi connectivity index (χ4n) is 2.70. The number of pyridine rings is 1. The van der Waals surface area contributed by atoms with E-state index in [1.165, 1.54) is 19.0 Å². The zero-order chi connectivity index (χ0) is 16.1. The van der Waals surface area contributed by atoms with Crippen molar-refractivity contribution in [1.82, 2.24) is 20.4 Å². The Morgan fingerprint density at radius 2 is 2.13 bits per heavy atom. The molecule has 1 fully saturated rings. The lowest BCUT2D eigenvalue weighted by atomic mass is 10.1. The van der Waals surface area contributed by atoms with Crippen LogP contribution in [0.5, 0.6) is 0 Å². The molecule has 120 valence electrons. The number of hydrogen-bond acceptors (Lipinski definition) is 6. The van der Waals surface area contributed by atoms with Crippen LogP contribution >= 0.6 is 0 Å². The molecule has 2 aromatic heterocycles. The van der Waals surface area contributed by atoms with Crippen LogP contribution in [-0.4, -0.2) is 33.4 Å². The first kappa shape index (κ1) is 15.3. The predicted molar refractivity (Wildman–Crippen MR) is 80.8 cm³/mol. The summed E-state index contributed by atoms with van der Waals surface area (Å²) < 4.78 is 5.27. The van der Waals surface area contributed by atoms with Gasteiger partial charge in [-0.25, -0.2) is 0 Å². The van der Waals surface area contributed by atoms with Crippen molar-refractivity contribution in [3.63, 3.8) is 0 Å². The van der Waals surface area contributed by atoms with E-state index in [0.717, 1.165) is 12.8 Å². The number of ketones is 1. The number of carbonyl (C=O) groups excluding carboxylic acids is 2. The standard InChI is InChI=1S/C16H18N4O3/c21-14(12-6-3-8-17-10-12)15(22)18-9-7-13-19-16(23-20-13)11-4-1-2-5-11/h3,6,8,10-11H,1-2,4-5,7,9H2,(H,18,22). The molecule has 0 saturated heterocycles. The van der Waals surface area contributed by atoms with Crippen molar-refractivity contribution in [3.05, 3.63) is 41.8 Å². The molecule has 23 heavy (non-hydrogen) atoms. The smallest absolute Gasteiger partial charge is 0.292 e. The second-order valence-electron chi connectivity index (χ2n) is 5.61. The molecule has 1 N–H and O–H groups in total. The summed E-state index contributed by atoms with van der Waals surface area (Å²) in [6, 6.07) is 3.17. The average Bonchev–Trinajstić information content (AvgIpc) is 3.26. The van der Waals surface area contributed by atoms with Crippen LogP contribution in [-0.2, 0) is 11.2 Å². The summed E-state index contributed by atoms with van der Waals surface area (Å²) in [5.41, 5.74) is 0.271. The summed E-state index contributed by atoms with van der Waals surface area (Å²) in [5, 5.41) is 6.50. The highest BCUT2D eigenvalue weighted by atomic mass is 16.5. The van der Waals surface area contributed by atoms with Crippen molar-refractivity contribution in [1.29, 1.82) is 0 Å². The molecular formula is C16H18N4O3. The first-order chi connectivity index (χ1) is 11.2. The third kappa shape index (κ3) is 3.80. The molecule has 7 heteroatoms. The molecule has 1 aliphatic rings. The number of nitrogens with one attached hydrogen (secondary N) is 1. The molecule has 0 bridgehead atoms. The SMILES string of the molecule is O=C(NCCc1noc(C2CCCC2)n1)C(=O)c1cccnc1. The van der Waals surface area contributed by atoms with Gasteiger partial charge in [-0.1, -0.05) is 18.0 Å². The maximum absolute atomic E-state index is 11.9. The van der Waals surface area contributed by atoms with Gasteiger partial charge in [-0.2, -0.15) is 4.98 Å². The van der Waals surface area contributed by atoms with Crippen LogP contribution in [0.2, 0.25) is 0 Å². The highest BCUT2D eigenvalue weighted by Gasteiger charge is 2.23. The molecule has 7 nitrogen and oxygen atoms in total. The van der Waals surface area contributed by atoms with Crippen LogP contribution in [0, 0.1) is 0 Å². The third-order valence-corrected chi connectivity index (χ3v) is 3.95. The Bertz CT molecular complexity index is 678. The Labute approximate surface area is 133 Å². The molecule has 3 rings (SSSR count). The molecule has 0 aliphatic heterocycles. The van der Waals surface area contributed by atoms with Gasteiger partial charge in [0.1, 0.15) is 0 Å². The molecule has 0 radical (unpaired) electrons. The zero-order valence-corrected chi connectivity index (χ0v) is 12.7. The van der Waals surface area contributed by atoms with Gasteiger partial charge in [-0.05, 0) is 25.0 Å². The maximum atomic E-state index is 11.9. The number of aromatic nitrogens is 3. The van der Waals surface area contributed by atoms with Gasteiger partial charge in [0.15, 0.2) is 5.82 Å². The lowest BCUT2D eigenvalue weighted by Gasteiger charge is -2.02. The van der Waals surface area contributed by atoms with Crippen LogP contribution in [0.1, 0.15) is 53.7 Å². The Kier molecular flexibility index (Phi) is 4.75. The summed E-state index contributed by atoms with van der Waals surface area (Å²) in [6.07, 6.45) is 7.95. The van der Waals surface area contributed by atoms with E-state index in [-0.39, 0.29) is 12.1 Å². The van der Waals surface area contributed by atoms with E-state index in [1.54, 1.807) is 18.3 Å². The first-order valence-electron chi connectivity index (χ1n) is 7.79. The molecule has 1 amide bonds. The fourth-order valence-corrected chi connectivity index (χ4v) is 2.70. The third-order valence-electron chi connectivity index (χ3n) is 3.95. The molecule has 1 saturated carbocycles. The average molecular weight is 314 g/mol. The fraction of sp³-hybridized carbons (Fsp3) is 0.438. The quantitative estimate of drug-likeness (QED) is 0.643. The van der Waals surface area contributed by atoms with E-state index in [0.29, 0.717) is 24.1 Å². The number of nitrogens with zero attached hydrogens (tertiary/aromatic N) is 3. The van der Waals surface area contributed by atoms with Gasteiger partial charge in [0.2, 0.25) is 5.89 Å². The minimum Gasteiger partial charge on any atom is -0.349 e. The van der Waals surface area contributed by atoms with Crippen LogP contribution in [0.4, 0.5) is 0 Å². The van der Waals surface area contributed by atoms with Crippen molar-refractivity contribution in [2.75, 3.05) is 6.54 Å². The summed E-state index contributed by atoms with van der Waals surface area (Å²) >= 11 is 0. The van der Waals surface area contributed by atoms with Gasteiger partial charge in [0.05, 0.1) is 0 Å². The predicted octanol–water partition coefficient (Wildman–Crippen LogP) is 1.66. The molecule has 0 aromatic carbocycles. The van der Waals surface area contributed by atoms with Crippen LogP contribution in [0.15, 0.2) is 29.0 Å². The molecular weight excluding hydrogens is 296 g/mol. The molecule has 2 aromatic rings. The number of Topliss-reactive ketones (excluding diaryl/α,β-unsaturated/α-hetero) is 1.